The zero-order valence-electron chi connectivity index (χ0n) is 8.71. The van der Waals surface area contributed by atoms with Crippen LogP contribution >= 0.6 is 27.5 Å². The Bertz CT molecular complexity index is 314. The van der Waals surface area contributed by atoms with Crippen molar-refractivity contribution >= 4 is 44.9 Å². The molecule has 1 aliphatic carbocycles. The largest absolute Gasteiger partial charge is 0.299 e. The summed E-state index contributed by atoms with van der Waals surface area (Å²) in [6.07, 6.45) is 0. The minimum absolute atomic E-state index is 0.380. The van der Waals surface area contributed by atoms with Crippen LogP contribution in [-0.4, -0.2) is 27.6 Å². The lowest BCUT2D eigenvalue weighted by molar-refractivity contribution is -0.143. The summed E-state index contributed by atoms with van der Waals surface area (Å²) in [7, 11) is 0. The molecule has 84 valence electrons. The number of alkyl halides is 2. The second-order valence-corrected chi connectivity index (χ2v) is 5.75. The first-order valence-corrected chi connectivity index (χ1v) is 5.92. The average molecular weight is 296 g/mol. The first-order chi connectivity index (χ1) is 6.71. The summed E-state index contributed by atoms with van der Waals surface area (Å²) in [5, 5.41) is -0.812. The molecule has 1 saturated carbocycles. The Morgan fingerprint density at radius 2 is 1.80 bits per heavy atom. The van der Waals surface area contributed by atoms with Gasteiger partial charge >= 0.3 is 0 Å². The van der Waals surface area contributed by atoms with Gasteiger partial charge in [-0.15, -0.1) is 11.6 Å². The second-order valence-electron chi connectivity index (χ2n) is 4.39. The van der Waals surface area contributed by atoms with Gasteiger partial charge in [-0.1, -0.05) is 29.8 Å². The average Bonchev–Trinajstić information content (AvgIpc) is 2.12. The molecule has 0 N–H and O–H groups in total. The van der Waals surface area contributed by atoms with E-state index in [9.17, 15) is 14.4 Å². The van der Waals surface area contributed by atoms with E-state index < -0.39 is 33.1 Å². The highest BCUT2D eigenvalue weighted by Gasteiger charge is 2.54. The summed E-state index contributed by atoms with van der Waals surface area (Å²) in [6, 6.07) is 0. The number of ketones is 3. The summed E-state index contributed by atoms with van der Waals surface area (Å²) < 4.78 is 0. The Morgan fingerprint density at radius 1 is 1.33 bits per heavy atom. The van der Waals surface area contributed by atoms with Gasteiger partial charge in [0.15, 0.2) is 11.6 Å². The number of rotatable bonds is 1. The summed E-state index contributed by atoms with van der Waals surface area (Å²) in [6.45, 7) is 4.70. The maximum Gasteiger partial charge on any atom is 0.169 e. The van der Waals surface area contributed by atoms with Gasteiger partial charge in [0.05, 0.1) is 10.2 Å². The maximum absolute atomic E-state index is 11.8. The molecular formula is C10H12BrClO3. The smallest absolute Gasteiger partial charge is 0.169 e. The Labute approximate surface area is 102 Å². The topological polar surface area (TPSA) is 51.2 Å². The molecule has 3 nitrogen and oxygen atoms in total. The molecule has 0 saturated heterocycles. The van der Waals surface area contributed by atoms with Crippen LogP contribution in [0.5, 0.6) is 0 Å². The molecule has 0 unspecified atom stereocenters. The third-order valence-electron chi connectivity index (χ3n) is 2.78. The van der Waals surface area contributed by atoms with Crippen LogP contribution in [0, 0.1) is 11.3 Å². The maximum atomic E-state index is 11.8. The fourth-order valence-corrected chi connectivity index (χ4v) is 2.63. The third kappa shape index (κ3) is 1.89. The molecule has 0 aromatic heterocycles. The SMILES string of the molecule is CC(=O)[C@@H]1C(=O)[C@@H](Br)C(C)(C)[C@@H](Cl)C1=O. The Morgan fingerprint density at radius 3 is 2.20 bits per heavy atom. The lowest BCUT2D eigenvalue weighted by atomic mass is 9.70. The van der Waals surface area contributed by atoms with Crippen molar-refractivity contribution in [3.63, 3.8) is 0 Å². The van der Waals surface area contributed by atoms with E-state index in [4.69, 9.17) is 11.6 Å². The van der Waals surface area contributed by atoms with E-state index in [0.717, 1.165) is 0 Å². The van der Waals surface area contributed by atoms with E-state index in [1.807, 2.05) is 0 Å². The number of hydrogen-bond acceptors (Lipinski definition) is 3. The van der Waals surface area contributed by atoms with E-state index in [1.54, 1.807) is 13.8 Å². The van der Waals surface area contributed by atoms with Crippen LogP contribution in [-0.2, 0) is 14.4 Å². The summed E-state index contributed by atoms with van der Waals surface area (Å²) >= 11 is 9.19. The van der Waals surface area contributed by atoms with E-state index in [2.05, 4.69) is 15.9 Å². The third-order valence-corrected chi connectivity index (χ3v) is 5.19. The molecule has 0 aromatic rings. The zero-order valence-corrected chi connectivity index (χ0v) is 11.1. The van der Waals surface area contributed by atoms with Crippen molar-refractivity contribution in [3.05, 3.63) is 0 Å². The lowest BCUT2D eigenvalue weighted by Crippen LogP contribution is -2.55. The van der Waals surface area contributed by atoms with Crippen LogP contribution in [0.25, 0.3) is 0 Å². The van der Waals surface area contributed by atoms with Crippen molar-refractivity contribution in [3.8, 4) is 0 Å². The number of carbonyl (C=O) groups excluding carboxylic acids is 3. The van der Waals surface area contributed by atoms with Crippen LogP contribution in [0.1, 0.15) is 20.8 Å². The predicted octanol–water partition coefficient (Wildman–Crippen LogP) is 1.74. The van der Waals surface area contributed by atoms with E-state index in [1.165, 1.54) is 6.92 Å². The van der Waals surface area contributed by atoms with Crippen LogP contribution in [0.4, 0.5) is 0 Å². The van der Waals surface area contributed by atoms with Gasteiger partial charge in [0.1, 0.15) is 11.7 Å². The van der Waals surface area contributed by atoms with E-state index in [-0.39, 0.29) is 5.78 Å². The van der Waals surface area contributed by atoms with Gasteiger partial charge in [0, 0.05) is 5.41 Å². The van der Waals surface area contributed by atoms with Crippen molar-refractivity contribution in [1.29, 1.82) is 0 Å². The lowest BCUT2D eigenvalue weighted by Gasteiger charge is -2.39. The van der Waals surface area contributed by atoms with Crippen molar-refractivity contribution in [1.82, 2.24) is 0 Å². The Balaban J connectivity index is 3.17. The normalized spacial score (nSPS) is 35.4. The predicted molar refractivity (Wildman–Crippen MR) is 60.3 cm³/mol. The Kier molecular flexibility index (Phi) is 3.41. The standard InChI is InChI=1S/C10H12BrClO3/c1-4(13)5-6(14)8(11)10(2,3)9(12)7(5)15/h5,8-9H,1-3H3/t5-,8-,9+/m1/s1. The highest BCUT2D eigenvalue weighted by atomic mass is 79.9. The molecule has 1 fully saturated rings. The molecule has 0 aliphatic heterocycles. The van der Waals surface area contributed by atoms with Crippen molar-refractivity contribution in [2.24, 2.45) is 11.3 Å². The summed E-state index contributed by atoms with van der Waals surface area (Å²) in [5.74, 6) is -2.48. The summed E-state index contributed by atoms with van der Waals surface area (Å²) in [4.78, 5) is 34.2. The molecule has 1 rings (SSSR count). The van der Waals surface area contributed by atoms with Crippen molar-refractivity contribution < 1.29 is 14.4 Å². The molecule has 0 radical (unpaired) electrons. The first-order valence-electron chi connectivity index (χ1n) is 4.57. The van der Waals surface area contributed by atoms with Crippen LogP contribution in [0.2, 0.25) is 0 Å². The quantitative estimate of drug-likeness (QED) is 0.547. The van der Waals surface area contributed by atoms with Crippen LogP contribution in [0.3, 0.4) is 0 Å². The molecule has 0 spiro atoms. The number of halogens is 2. The van der Waals surface area contributed by atoms with Crippen LogP contribution < -0.4 is 0 Å². The minimum atomic E-state index is -1.19. The van der Waals surface area contributed by atoms with Crippen molar-refractivity contribution in [2.75, 3.05) is 0 Å². The fraction of sp³-hybridized carbons (Fsp3) is 0.700. The molecule has 15 heavy (non-hydrogen) atoms. The highest BCUT2D eigenvalue weighted by molar-refractivity contribution is 9.10. The molecular weight excluding hydrogens is 283 g/mol. The Hall–Kier alpha value is -0.220. The molecule has 3 atom stereocenters. The minimum Gasteiger partial charge on any atom is -0.299 e. The molecule has 1 aliphatic rings. The molecule has 0 amide bonds. The first kappa shape index (κ1) is 12.8. The van der Waals surface area contributed by atoms with Crippen LogP contribution in [0.15, 0.2) is 0 Å². The van der Waals surface area contributed by atoms with Gasteiger partial charge < -0.3 is 0 Å². The van der Waals surface area contributed by atoms with Gasteiger partial charge in [-0.2, -0.15) is 0 Å². The van der Waals surface area contributed by atoms with Gasteiger partial charge in [0.2, 0.25) is 0 Å². The molecule has 0 bridgehead atoms. The van der Waals surface area contributed by atoms with Gasteiger partial charge in [-0.25, -0.2) is 0 Å². The monoisotopic (exact) mass is 294 g/mol. The van der Waals surface area contributed by atoms with Gasteiger partial charge in [0.25, 0.3) is 0 Å². The number of Topliss-reactive ketones (excluding diaryl/α,β-unsaturated/α-hetero) is 3. The molecule has 0 heterocycles. The number of carbonyl (C=O) groups is 3. The van der Waals surface area contributed by atoms with E-state index in [0.29, 0.717) is 0 Å². The number of hydrogen-bond donors (Lipinski definition) is 0. The summed E-state index contributed by atoms with van der Waals surface area (Å²) in [5.41, 5.74) is -0.665. The second kappa shape index (κ2) is 3.98. The van der Waals surface area contributed by atoms with Crippen molar-refractivity contribution in [2.45, 2.75) is 31.0 Å². The van der Waals surface area contributed by atoms with Gasteiger partial charge in [-0.05, 0) is 6.92 Å². The highest BCUT2D eigenvalue weighted by Crippen LogP contribution is 2.42. The molecule has 5 heteroatoms. The fourth-order valence-electron chi connectivity index (χ4n) is 1.70. The zero-order chi connectivity index (χ0) is 12.0. The van der Waals surface area contributed by atoms with E-state index >= 15 is 0 Å². The van der Waals surface area contributed by atoms with Gasteiger partial charge in [-0.3, -0.25) is 14.4 Å². The molecule has 0 aromatic carbocycles.